The van der Waals surface area contributed by atoms with Gasteiger partial charge in [0, 0.05) is 18.7 Å². The Morgan fingerprint density at radius 2 is 1.75 bits per heavy atom. The Balaban J connectivity index is 1.73. The Labute approximate surface area is 141 Å². The maximum atomic E-state index is 11.7. The van der Waals surface area contributed by atoms with E-state index in [-0.39, 0.29) is 11.8 Å². The predicted molar refractivity (Wildman–Crippen MR) is 93.8 cm³/mol. The maximum Gasteiger partial charge on any atom is 0.251 e. The van der Waals surface area contributed by atoms with Crippen molar-refractivity contribution in [1.29, 1.82) is 0 Å². The van der Waals surface area contributed by atoms with E-state index in [2.05, 4.69) is 10.6 Å². The summed E-state index contributed by atoms with van der Waals surface area (Å²) >= 11 is 0. The summed E-state index contributed by atoms with van der Waals surface area (Å²) in [5, 5.41) is 5.31. The highest BCUT2D eigenvalue weighted by Crippen LogP contribution is 2.07. The number of carbonyl (C=O) groups excluding carboxylic acids is 2. The molecule has 124 valence electrons. The van der Waals surface area contributed by atoms with Crippen molar-refractivity contribution in [3.63, 3.8) is 0 Å². The molecule has 0 saturated heterocycles. The van der Waals surface area contributed by atoms with Crippen LogP contribution in [0.3, 0.4) is 0 Å². The second-order valence-corrected chi connectivity index (χ2v) is 4.99. The molecule has 0 aromatic heterocycles. The van der Waals surface area contributed by atoms with E-state index in [1.54, 1.807) is 37.4 Å². The molecule has 2 amide bonds. The van der Waals surface area contributed by atoms with Crippen LogP contribution in [0, 0.1) is 0 Å². The fourth-order valence-electron chi connectivity index (χ4n) is 1.98. The molecule has 2 rings (SSSR count). The molecule has 0 bridgehead atoms. The van der Waals surface area contributed by atoms with Crippen LogP contribution in [0.1, 0.15) is 15.9 Å². The summed E-state index contributed by atoms with van der Waals surface area (Å²) in [4.78, 5) is 23.2. The molecule has 0 radical (unpaired) electrons. The minimum absolute atomic E-state index is 0.137. The van der Waals surface area contributed by atoms with Crippen molar-refractivity contribution in [1.82, 2.24) is 10.6 Å². The third-order valence-electron chi connectivity index (χ3n) is 3.24. The van der Waals surface area contributed by atoms with Crippen LogP contribution in [-0.4, -0.2) is 32.0 Å². The van der Waals surface area contributed by atoms with Crippen LogP contribution in [0.2, 0.25) is 0 Å². The van der Waals surface area contributed by atoms with Crippen LogP contribution >= 0.6 is 0 Å². The van der Waals surface area contributed by atoms with E-state index in [1.165, 1.54) is 6.08 Å². The first-order valence-corrected chi connectivity index (χ1v) is 7.65. The molecule has 5 nitrogen and oxygen atoms in total. The smallest absolute Gasteiger partial charge is 0.251 e. The van der Waals surface area contributed by atoms with E-state index in [0.29, 0.717) is 18.7 Å². The van der Waals surface area contributed by atoms with E-state index >= 15 is 0 Å². The number of hydrogen-bond acceptors (Lipinski definition) is 3. The number of benzene rings is 2. The number of rotatable bonds is 7. The van der Waals surface area contributed by atoms with Gasteiger partial charge in [0.05, 0.1) is 6.54 Å². The molecule has 24 heavy (non-hydrogen) atoms. The molecule has 2 N–H and O–H groups in total. The third kappa shape index (κ3) is 5.61. The van der Waals surface area contributed by atoms with E-state index < -0.39 is 0 Å². The highest BCUT2D eigenvalue weighted by atomic mass is 16.5. The summed E-state index contributed by atoms with van der Waals surface area (Å²) in [6.07, 6.45) is 3.15. The first-order valence-electron chi connectivity index (χ1n) is 7.65. The monoisotopic (exact) mass is 324 g/mol. The van der Waals surface area contributed by atoms with Gasteiger partial charge in [0.1, 0.15) is 12.4 Å². The fraction of sp³-hybridized carbons (Fsp3) is 0.158. The largest absolute Gasteiger partial charge is 0.492 e. The number of hydrogen-bond donors (Lipinski definition) is 2. The second kappa shape index (κ2) is 9.15. The second-order valence-electron chi connectivity index (χ2n) is 4.99. The van der Waals surface area contributed by atoms with Crippen LogP contribution in [0.4, 0.5) is 0 Å². The summed E-state index contributed by atoms with van der Waals surface area (Å²) < 4.78 is 5.49. The number of para-hydroxylation sites is 1. The van der Waals surface area contributed by atoms with Crippen molar-refractivity contribution in [3.05, 3.63) is 71.8 Å². The van der Waals surface area contributed by atoms with Gasteiger partial charge in [-0.05, 0) is 35.9 Å². The van der Waals surface area contributed by atoms with Gasteiger partial charge in [-0.3, -0.25) is 9.59 Å². The standard InChI is InChI=1S/C19H20N2O3/c1-20-19(23)16-10-7-15(8-11-16)9-12-18(22)21-13-14-24-17-5-3-2-4-6-17/h2-12H,13-14H2,1H3,(H,20,23)(H,21,22)/b12-9+. The Morgan fingerprint density at radius 1 is 1.04 bits per heavy atom. The average Bonchev–Trinajstić information content (AvgIpc) is 2.64. The maximum absolute atomic E-state index is 11.7. The van der Waals surface area contributed by atoms with E-state index in [4.69, 9.17) is 4.74 Å². The molecule has 2 aromatic carbocycles. The zero-order chi connectivity index (χ0) is 17.2. The number of amides is 2. The van der Waals surface area contributed by atoms with Gasteiger partial charge >= 0.3 is 0 Å². The zero-order valence-electron chi connectivity index (χ0n) is 13.5. The zero-order valence-corrected chi connectivity index (χ0v) is 13.5. The summed E-state index contributed by atoms with van der Waals surface area (Å²) in [6.45, 7) is 0.831. The summed E-state index contributed by atoms with van der Waals surface area (Å²) in [5.74, 6) is 0.447. The van der Waals surface area contributed by atoms with Gasteiger partial charge in [-0.2, -0.15) is 0 Å². The van der Waals surface area contributed by atoms with Gasteiger partial charge in [0.2, 0.25) is 5.91 Å². The first-order chi connectivity index (χ1) is 11.7. The summed E-state index contributed by atoms with van der Waals surface area (Å²) in [5.41, 5.74) is 1.43. The normalized spacial score (nSPS) is 10.4. The van der Waals surface area contributed by atoms with Gasteiger partial charge in [0.25, 0.3) is 5.91 Å². The Morgan fingerprint density at radius 3 is 2.42 bits per heavy atom. The van der Waals surface area contributed by atoms with Crippen molar-refractivity contribution >= 4 is 17.9 Å². The molecule has 0 aliphatic rings. The highest BCUT2D eigenvalue weighted by molar-refractivity contribution is 5.94. The minimum Gasteiger partial charge on any atom is -0.492 e. The minimum atomic E-state index is -0.193. The lowest BCUT2D eigenvalue weighted by molar-refractivity contribution is -0.116. The van der Waals surface area contributed by atoms with Crippen LogP contribution in [-0.2, 0) is 4.79 Å². The highest BCUT2D eigenvalue weighted by Gasteiger charge is 2.01. The van der Waals surface area contributed by atoms with Crippen molar-refractivity contribution in [2.75, 3.05) is 20.2 Å². The molecule has 2 aromatic rings. The van der Waals surface area contributed by atoms with Gasteiger partial charge in [-0.15, -0.1) is 0 Å². The molecule has 0 saturated carbocycles. The van der Waals surface area contributed by atoms with Gasteiger partial charge in [-0.1, -0.05) is 30.3 Å². The van der Waals surface area contributed by atoms with Gasteiger partial charge in [-0.25, -0.2) is 0 Å². The molecule has 5 heteroatoms. The lowest BCUT2D eigenvalue weighted by Crippen LogP contribution is -2.26. The van der Waals surface area contributed by atoms with Crippen molar-refractivity contribution in [2.45, 2.75) is 0 Å². The lowest BCUT2D eigenvalue weighted by Gasteiger charge is -2.06. The molecule has 0 aliphatic heterocycles. The Bertz CT molecular complexity index is 694. The molecule has 0 heterocycles. The van der Waals surface area contributed by atoms with Crippen molar-refractivity contribution in [3.8, 4) is 5.75 Å². The molecular weight excluding hydrogens is 304 g/mol. The van der Waals surface area contributed by atoms with E-state index in [1.807, 2.05) is 30.3 Å². The van der Waals surface area contributed by atoms with Crippen molar-refractivity contribution in [2.24, 2.45) is 0 Å². The van der Waals surface area contributed by atoms with Crippen LogP contribution in [0.15, 0.2) is 60.7 Å². The average molecular weight is 324 g/mol. The predicted octanol–water partition coefficient (Wildman–Crippen LogP) is 2.25. The number of carbonyl (C=O) groups is 2. The summed E-state index contributed by atoms with van der Waals surface area (Å²) in [7, 11) is 1.59. The first kappa shape index (κ1) is 17.3. The number of ether oxygens (including phenoxy) is 1. The van der Waals surface area contributed by atoms with Gasteiger partial charge in [0.15, 0.2) is 0 Å². The van der Waals surface area contributed by atoms with Crippen LogP contribution < -0.4 is 15.4 Å². The van der Waals surface area contributed by atoms with E-state index in [0.717, 1.165) is 11.3 Å². The third-order valence-corrected chi connectivity index (χ3v) is 3.24. The van der Waals surface area contributed by atoms with Crippen LogP contribution in [0.25, 0.3) is 6.08 Å². The Hall–Kier alpha value is -3.08. The SMILES string of the molecule is CNC(=O)c1ccc(/C=C/C(=O)NCCOc2ccccc2)cc1. The lowest BCUT2D eigenvalue weighted by atomic mass is 10.1. The molecule has 0 aliphatic carbocycles. The van der Waals surface area contributed by atoms with Crippen molar-refractivity contribution < 1.29 is 14.3 Å². The topological polar surface area (TPSA) is 67.4 Å². The molecule has 0 fully saturated rings. The summed E-state index contributed by atoms with van der Waals surface area (Å²) in [6, 6.07) is 16.4. The molecule has 0 unspecified atom stereocenters. The Kier molecular flexibility index (Phi) is 6.58. The molecular formula is C19H20N2O3. The quantitative estimate of drug-likeness (QED) is 0.606. The fourth-order valence-corrected chi connectivity index (χ4v) is 1.98. The van der Waals surface area contributed by atoms with Gasteiger partial charge < -0.3 is 15.4 Å². The molecule has 0 spiro atoms. The van der Waals surface area contributed by atoms with E-state index in [9.17, 15) is 9.59 Å². The van der Waals surface area contributed by atoms with Crippen LogP contribution in [0.5, 0.6) is 5.75 Å². The molecule has 0 atom stereocenters. The number of nitrogens with one attached hydrogen (secondary N) is 2.